The summed E-state index contributed by atoms with van der Waals surface area (Å²) in [5, 5.41) is -0.142. The van der Waals surface area contributed by atoms with E-state index in [-0.39, 0.29) is 21.4 Å². The standard InChI is InChI=1S/C8H9Cl2NO4S2/c1-2-16(12,13)11-6-3-4-8(7(9)5-6)17(10,14)15/h3-5,11H,2H2,1H3. The molecular weight excluding hydrogens is 309 g/mol. The van der Waals surface area contributed by atoms with Crippen molar-refractivity contribution in [3.63, 3.8) is 0 Å². The quantitative estimate of drug-likeness (QED) is 0.861. The van der Waals surface area contributed by atoms with E-state index in [1.165, 1.54) is 19.1 Å². The van der Waals surface area contributed by atoms with E-state index in [4.69, 9.17) is 22.3 Å². The van der Waals surface area contributed by atoms with E-state index in [1.54, 1.807) is 0 Å². The first kappa shape index (κ1) is 14.6. The SMILES string of the molecule is CCS(=O)(=O)Nc1ccc(S(=O)(=O)Cl)c(Cl)c1. The fourth-order valence-corrected chi connectivity index (χ4v) is 3.17. The van der Waals surface area contributed by atoms with E-state index in [2.05, 4.69) is 4.72 Å². The van der Waals surface area contributed by atoms with Crippen molar-refractivity contribution in [2.75, 3.05) is 10.5 Å². The average molecular weight is 318 g/mol. The molecular formula is C8H9Cl2NO4S2. The molecule has 0 amide bonds. The third-order valence-corrected chi connectivity index (χ3v) is 4.96. The summed E-state index contributed by atoms with van der Waals surface area (Å²) in [6.07, 6.45) is 0. The second-order valence-electron chi connectivity index (χ2n) is 3.09. The first-order chi connectivity index (χ1) is 7.65. The van der Waals surface area contributed by atoms with E-state index in [0.717, 1.165) is 6.07 Å². The first-order valence-corrected chi connectivity index (χ1v) is 8.74. The number of sulfonamides is 1. The highest BCUT2D eigenvalue weighted by atomic mass is 35.7. The van der Waals surface area contributed by atoms with E-state index >= 15 is 0 Å². The smallest absolute Gasteiger partial charge is 0.262 e. The van der Waals surface area contributed by atoms with Crippen molar-refractivity contribution < 1.29 is 16.8 Å². The highest BCUT2D eigenvalue weighted by Gasteiger charge is 2.16. The summed E-state index contributed by atoms with van der Waals surface area (Å²) in [7, 11) is -2.24. The number of anilines is 1. The van der Waals surface area contributed by atoms with E-state index in [1.807, 2.05) is 0 Å². The summed E-state index contributed by atoms with van der Waals surface area (Å²) in [5.74, 6) is -0.0970. The van der Waals surface area contributed by atoms with Gasteiger partial charge in [0.25, 0.3) is 9.05 Å². The number of rotatable bonds is 4. The Morgan fingerprint density at radius 3 is 2.24 bits per heavy atom. The molecule has 1 aromatic carbocycles. The summed E-state index contributed by atoms with van der Waals surface area (Å²) in [6.45, 7) is 1.47. The molecule has 1 aromatic rings. The first-order valence-electron chi connectivity index (χ1n) is 4.40. The van der Waals surface area contributed by atoms with Crippen LogP contribution in [0.25, 0.3) is 0 Å². The van der Waals surface area contributed by atoms with Gasteiger partial charge in [0.15, 0.2) is 0 Å². The second kappa shape index (κ2) is 5.01. The molecule has 0 fully saturated rings. The van der Waals surface area contributed by atoms with Gasteiger partial charge in [-0.15, -0.1) is 0 Å². The minimum absolute atomic E-state index is 0.0970. The van der Waals surface area contributed by atoms with Gasteiger partial charge in [-0.05, 0) is 25.1 Å². The van der Waals surface area contributed by atoms with Gasteiger partial charge in [0.1, 0.15) is 4.90 Å². The number of halogens is 2. The Balaban J connectivity index is 3.15. The van der Waals surface area contributed by atoms with Crippen molar-refractivity contribution in [3.8, 4) is 0 Å². The zero-order valence-corrected chi connectivity index (χ0v) is 11.8. The number of nitrogens with one attached hydrogen (secondary N) is 1. The largest absolute Gasteiger partial charge is 0.284 e. The molecule has 0 heterocycles. The summed E-state index contributed by atoms with van der Waals surface area (Å²) >= 11 is 5.69. The van der Waals surface area contributed by atoms with Crippen LogP contribution in [0, 0.1) is 0 Å². The van der Waals surface area contributed by atoms with Crippen LogP contribution in [0.15, 0.2) is 23.1 Å². The molecule has 9 heteroatoms. The third kappa shape index (κ3) is 4.02. The van der Waals surface area contributed by atoms with Gasteiger partial charge in [-0.25, -0.2) is 16.8 Å². The normalized spacial score (nSPS) is 12.4. The number of hydrogen-bond acceptors (Lipinski definition) is 4. The van der Waals surface area contributed by atoms with Gasteiger partial charge in [-0.1, -0.05) is 11.6 Å². The lowest BCUT2D eigenvalue weighted by atomic mass is 10.3. The topological polar surface area (TPSA) is 80.3 Å². The minimum Gasteiger partial charge on any atom is -0.284 e. The molecule has 0 aliphatic carbocycles. The summed E-state index contributed by atoms with van der Waals surface area (Å²) < 4.78 is 46.9. The van der Waals surface area contributed by atoms with Crippen molar-refractivity contribution >= 4 is 47.0 Å². The Morgan fingerprint density at radius 2 is 1.82 bits per heavy atom. The Kier molecular flexibility index (Phi) is 4.29. The van der Waals surface area contributed by atoms with Gasteiger partial charge >= 0.3 is 0 Å². The van der Waals surface area contributed by atoms with Crippen LogP contribution < -0.4 is 4.72 Å². The molecule has 0 atom stereocenters. The molecule has 1 rings (SSSR count). The van der Waals surface area contributed by atoms with Crippen LogP contribution >= 0.6 is 22.3 Å². The van der Waals surface area contributed by atoms with Crippen LogP contribution in [0.5, 0.6) is 0 Å². The van der Waals surface area contributed by atoms with Crippen LogP contribution in [0.2, 0.25) is 5.02 Å². The molecule has 0 unspecified atom stereocenters. The Morgan fingerprint density at radius 1 is 1.24 bits per heavy atom. The lowest BCUT2D eigenvalue weighted by Crippen LogP contribution is -2.14. The van der Waals surface area contributed by atoms with Gasteiger partial charge < -0.3 is 0 Å². The molecule has 0 aromatic heterocycles. The highest BCUT2D eigenvalue weighted by Crippen LogP contribution is 2.27. The van der Waals surface area contributed by atoms with Crippen molar-refractivity contribution in [1.29, 1.82) is 0 Å². The van der Waals surface area contributed by atoms with Crippen molar-refractivity contribution in [2.24, 2.45) is 0 Å². The van der Waals surface area contributed by atoms with E-state index in [9.17, 15) is 16.8 Å². The van der Waals surface area contributed by atoms with Crippen LogP contribution in [0.4, 0.5) is 5.69 Å². The summed E-state index contributed by atoms with van der Waals surface area (Å²) in [6, 6.07) is 3.59. The van der Waals surface area contributed by atoms with Crippen molar-refractivity contribution in [3.05, 3.63) is 23.2 Å². The van der Waals surface area contributed by atoms with Gasteiger partial charge in [-0.3, -0.25) is 4.72 Å². The fraction of sp³-hybridized carbons (Fsp3) is 0.250. The monoisotopic (exact) mass is 317 g/mol. The van der Waals surface area contributed by atoms with Crippen LogP contribution in [-0.4, -0.2) is 22.6 Å². The Labute approximate surface area is 109 Å². The maximum atomic E-state index is 11.3. The lowest BCUT2D eigenvalue weighted by Gasteiger charge is -2.07. The van der Waals surface area contributed by atoms with Gasteiger partial charge in [0.2, 0.25) is 10.0 Å². The lowest BCUT2D eigenvalue weighted by molar-refractivity contribution is 0.602. The zero-order chi connectivity index (χ0) is 13.3. The van der Waals surface area contributed by atoms with Crippen LogP contribution in [-0.2, 0) is 19.1 Å². The van der Waals surface area contributed by atoms with Crippen LogP contribution in [0.1, 0.15) is 6.92 Å². The maximum absolute atomic E-state index is 11.3. The predicted molar refractivity (Wildman–Crippen MR) is 67.6 cm³/mol. The summed E-state index contributed by atoms with van der Waals surface area (Å²) in [4.78, 5) is -0.264. The zero-order valence-electron chi connectivity index (χ0n) is 8.64. The van der Waals surface area contributed by atoms with Gasteiger partial charge in [0, 0.05) is 10.7 Å². The Bertz CT molecular complexity index is 625. The molecule has 0 saturated heterocycles. The number of hydrogen-bond donors (Lipinski definition) is 1. The molecule has 0 radical (unpaired) electrons. The molecule has 96 valence electrons. The molecule has 0 spiro atoms. The molecule has 0 aliphatic rings. The molecule has 1 N–H and O–H groups in total. The molecule has 0 saturated carbocycles. The van der Waals surface area contributed by atoms with E-state index < -0.39 is 19.1 Å². The molecule has 17 heavy (non-hydrogen) atoms. The molecule has 0 bridgehead atoms. The maximum Gasteiger partial charge on any atom is 0.262 e. The van der Waals surface area contributed by atoms with Crippen molar-refractivity contribution in [1.82, 2.24) is 0 Å². The predicted octanol–water partition coefficient (Wildman–Crippen LogP) is 2.03. The molecule has 0 aliphatic heterocycles. The van der Waals surface area contributed by atoms with Gasteiger partial charge in [-0.2, -0.15) is 0 Å². The average Bonchev–Trinajstić information content (AvgIpc) is 2.15. The second-order valence-corrected chi connectivity index (χ2v) is 8.04. The summed E-state index contributed by atoms with van der Waals surface area (Å²) in [5.41, 5.74) is 0.181. The Hall–Kier alpha value is -0.500. The van der Waals surface area contributed by atoms with E-state index in [0.29, 0.717) is 0 Å². The number of benzene rings is 1. The minimum atomic E-state index is -3.94. The van der Waals surface area contributed by atoms with Crippen LogP contribution in [0.3, 0.4) is 0 Å². The van der Waals surface area contributed by atoms with Gasteiger partial charge in [0.05, 0.1) is 16.5 Å². The third-order valence-electron chi connectivity index (χ3n) is 1.85. The van der Waals surface area contributed by atoms with Crippen molar-refractivity contribution in [2.45, 2.75) is 11.8 Å². The fourth-order valence-electron chi connectivity index (χ4n) is 1.01. The highest BCUT2D eigenvalue weighted by molar-refractivity contribution is 8.13. The molecule has 5 nitrogen and oxygen atoms in total.